The van der Waals surface area contributed by atoms with Crippen molar-refractivity contribution in [1.29, 1.82) is 0 Å². The topological polar surface area (TPSA) is 51.0 Å². The molecule has 0 aliphatic rings. The molecular weight excluding hydrogens is 270 g/mol. The van der Waals surface area contributed by atoms with E-state index in [1.165, 1.54) is 5.56 Å². The first-order valence-corrected chi connectivity index (χ1v) is 7.95. The molecule has 0 fully saturated rings. The molecule has 0 aliphatic carbocycles. The molecule has 0 spiro atoms. The molecule has 2 aromatic rings. The van der Waals surface area contributed by atoms with Crippen molar-refractivity contribution >= 4 is 11.3 Å². The highest BCUT2D eigenvalue weighted by molar-refractivity contribution is 7.08. The molecular formula is C15H23N3OS. The molecule has 1 atom stereocenters. The second-order valence-corrected chi connectivity index (χ2v) is 6.90. The summed E-state index contributed by atoms with van der Waals surface area (Å²) in [6, 6.07) is 0.323. The number of hydrogen-bond donors (Lipinski definition) is 1. The Morgan fingerprint density at radius 1 is 1.35 bits per heavy atom. The molecule has 1 unspecified atom stereocenters. The quantitative estimate of drug-likeness (QED) is 0.913. The van der Waals surface area contributed by atoms with Gasteiger partial charge in [0.25, 0.3) is 0 Å². The molecule has 0 saturated heterocycles. The van der Waals surface area contributed by atoms with Gasteiger partial charge in [0.2, 0.25) is 11.7 Å². The third-order valence-electron chi connectivity index (χ3n) is 3.44. The highest BCUT2D eigenvalue weighted by Gasteiger charge is 2.26. The first-order chi connectivity index (χ1) is 9.41. The van der Waals surface area contributed by atoms with Gasteiger partial charge in [-0.3, -0.25) is 0 Å². The predicted molar refractivity (Wildman–Crippen MR) is 83.0 cm³/mol. The van der Waals surface area contributed by atoms with Crippen LogP contribution in [0.1, 0.15) is 39.1 Å². The van der Waals surface area contributed by atoms with Gasteiger partial charge < -0.3 is 9.84 Å². The number of aryl methyl sites for hydroxylation is 1. The van der Waals surface area contributed by atoms with E-state index >= 15 is 0 Å². The summed E-state index contributed by atoms with van der Waals surface area (Å²) in [5.41, 5.74) is 2.42. The number of nitrogens with one attached hydrogen (secondary N) is 1. The minimum Gasteiger partial charge on any atom is -0.339 e. The molecule has 5 heteroatoms. The summed E-state index contributed by atoms with van der Waals surface area (Å²) in [7, 11) is 0. The SMILES string of the molecule is CCNC(Cc1nc(-c2cscc2C)no1)C(C)(C)C. The summed E-state index contributed by atoms with van der Waals surface area (Å²) in [5, 5.41) is 11.8. The zero-order valence-corrected chi connectivity index (χ0v) is 13.7. The second kappa shape index (κ2) is 6.06. The summed E-state index contributed by atoms with van der Waals surface area (Å²) in [5.74, 6) is 1.40. The van der Waals surface area contributed by atoms with Crippen molar-refractivity contribution in [2.75, 3.05) is 6.54 Å². The highest BCUT2D eigenvalue weighted by Crippen LogP contribution is 2.26. The largest absolute Gasteiger partial charge is 0.339 e. The van der Waals surface area contributed by atoms with Gasteiger partial charge in [0.1, 0.15) is 0 Å². The monoisotopic (exact) mass is 293 g/mol. The highest BCUT2D eigenvalue weighted by atomic mass is 32.1. The van der Waals surface area contributed by atoms with Crippen molar-refractivity contribution in [3.8, 4) is 11.4 Å². The maximum atomic E-state index is 5.42. The van der Waals surface area contributed by atoms with E-state index in [0.717, 1.165) is 18.5 Å². The lowest BCUT2D eigenvalue weighted by Gasteiger charge is -2.30. The van der Waals surface area contributed by atoms with Gasteiger partial charge in [-0.15, -0.1) is 0 Å². The maximum absolute atomic E-state index is 5.42. The Hall–Kier alpha value is -1.20. The van der Waals surface area contributed by atoms with E-state index < -0.39 is 0 Å². The third-order valence-corrected chi connectivity index (χ3v) is 4.30. The van der Waals surface area contributed by atoms with Gasteiger partial charge in [0, 0.05) is 23.4 Å². The molecule has 0 aromatic carbocycles. The first-order valence-electron chi connectivity index (χ1n) is 7.01. The predicted octanol–water partition coefficient (Wildman–Crippen LogP) is 3.67. The number of rotatable bonds is 5. The van der Waals surface area contributed by atoms with E-state index in [-0.39, 0.29) is 5.41 Å². The average molecular weight is 293 g/mol. The van der Waals surface area contributed by atoms with Crippen LogP contribution in [0.25, 0.3) is 11.4 Å². The van der Waals surface area contributed by atoms with Crippen LogP contribution in [0.15, 0.2) is 15.3 Å². The molecule has 110 valence electrons. The van der Waals surface area contributed by atoms with Gasteiger partial charge in [-0.05, 0) is 29.8 Å². The van der Waals surface area contributed by atoms with Crippen LogP contribution < -0.4 is 5.32 Å². The Balaban J connectivity index is 2.15. The Kier molecular flexibility index (Phi) is 4.60. The van der Waals surface area contributed by atoms with Crippen LogP contribution in [0.3, 0.4) is 0 Å². The maximum Gasteiger partial charge on any atom is 0.228 e. The van der Waals surface area contributed by atoms with Gasteiger partial charge in [0.05, 0.1) is 0 Å². The van der Waals surface area contributed by atoms with Crippen molar-refractivity contribution in [2.45, 2.75) is 47.1 Å². The lowest BCUT2D eigenvalue weighted by atomic mass is 9.84. The smallest absolute Gasteiger partial charge is 0.228 e. The zero-order valence-electron chi connectivity index (χ0n) is 12.9. The van der Waals surface area contributed by atoms with Crippen molar-refractivity contribution < 1.29 is 4.52 Å². The summed E-state index contributed by atoms with van der Waals surface area (Å²) in [6.45, 7) is 11.8. The van der Waals surface area contributed by atoms with Crippen molar-refractivity contribution in [3.05, 3.63) is 22.2 Å². The molecule has 0 bridgehead atoms. The second-order valence-electron chi connectivity index (χ2n) is 6.16. The van der Waals surface area contributed by atoms with E-state index in [4.69, 9.17) is 4.52 Å². The van der Waals surface area contributed by atoms with E-state index in [9.17, 15) is 0 Å². The molecule has 2 heterocycles. The van der Waals surface area contributed by atoms with Crippen LogP contribution >= 0.6 is 11.3 Å². The average Bonchev–Trinajstić information content (AvgIpc) is 2.96. The Morgan fingerprint density at radius 3 is 2.65 bits per heavy atom. The van der Waals surface area contributed by atoms with Crippen LogP contribution in [-0.4, -0.2) is 22.7 Å². The summed E-state index contributed by atoms with van der Waals surface area (Å²) >= 11 is 1.66. The van der Waals surface area contributed by atoms with Crippen molar-refractivity contribution in [1.82, 2.24) is 15.5 Å². The fourth-order valence-corrected chi connectivity index (χ4v) is 2.97. The number of likely N-dealkylation sites (N-methyl/N-ethyl adjacent to an activating group) is 1. The molecule has 0 radical (unpaired) electrons. The van der Waals surface area contributed by atoms with Crippen molar-refractivity contribution in [3.63, 3.8) is 0 Å². The Morgan fingerprint density at radius 2 is 2.10 bits per heavy atom. The van der Waals surface area contributed by atoms with E-state index in [1.807, 2.05) is 0 Å². The van der Waals surface area contributed by atoms with Crippen LogP contribution in [0.2, 0.25) is 0 Å². The number of hydrogen-bond acceptors (Lipinski definition) is 5. The number of thiophene rings is 1. The molecule has 0 saturated carbocycles. The molecule has 20 heavy (non-hydrogen) atoms. The Bertz CT molecular complexity index is 553. The van der Waals surface area contributed by atoms with Crippen LogP contribution in [0.5, 0.6) is 0 Å². The fraction of sp³-hybridized carbons (Fsp3) is 0.600. The lowest BCUT2D eigenvalue weighted by molar-refractivity contribution is 0.247. The van der Waals surface area contributed by atoms with Gasteiger partial charge in [-0.25, -0.2) is 0 Å². The fourth-order valence-electron chi connectivity index (χ4n) is 2.14. The first kappa shape index (κ1) is 15.2. The minimum atomic E-state index is 0.156. The molecule has 0 amide bonds. The number of nitrogens with zero attached hydrogens (tertiary/aromatic N) is 2. The summed E-state index contributed by atoms with van der Waals surface area (Å²) in [4.78, 5) is 4.54. The summed E-state index contributed by atoms with van der Waals surface area (Å²) < 4.78 is 5.42. The third kappa shape index (κ3) is 3.46. The standard InChI is InChI=1S/C15H23N3OS/c1-6-16-12(15(3,4)5)7-13-17-14(18-19-13)11-9-20-8-10(11)2/h8-9,12,16H,6-7H2,1-5H3. The molecule has 4 nitrogen and oxygen atoms in total. The van der Waals surface area contributed by atoms with Crippen molar-refractivity contribution in [2.24, 2.45) is 5.41 Å². The normalized spacial score (nSPS) is 13.7. The molecule has 1 N–H and O–H groups in total. The number of aromatic nitrogens is 2. The van der Waals surface area contributed by atoms with Crippen LogP contribution in [0, 0.1) is 12.3 Å². The Labute approximate surface area is 124 Å². The van der Waals surface area contributed by atoms with E-state index in [1.54, 1.807) is 11.3 Å². The van der Waals surface area contributed by atoms with Gasteiger partial charge in [-0.2, -0.15) is 16.3 Å². The molecule has 0 aliphatic heterocycles. The minimum absolute atomic E-state index is 0.156. The van der Waals surface area contributed by atoms with Gasteiger partial charge >= 0.3 is 0 Å². The zero-order chi connectivity index (χ0) is 14.8. The van der Waals surface area contributed by atoms with E-state index in [2.05, 4.69) is 60.8 Å². The summed E-state index contributed by atoms with van der Waals surface area (Å²) in [6.07, 6.45) is 0.757. The van der Waals surface area contributed by atoms with Gasteiger partial charge in [0.15, 0.2) is 0 Å². The molecule has 2 aromatic heterocycles. The van der Waals surface area contributed by atoms with Gasteiger partial charge in [-0.1, -0.05) is 32.9 Å². The lowest BCUT2D eigenvalue weighted by Crippen LogP contribution is -2.41. The van der Waals surface area contributed by atoms with Crippen LogP contribution in [0.4, 0.5) is 0 Å². The van der Waals surface area contributed by atoms with Crippen LogP contribution in [-0.2, 0) is 6.42 Å². The molecule has 2 rings (SSSR count). The van der Waals surface area contributed by atoms with E-state index in [0.29, 0.717) is 17.8 Å².